The Morgan fingerprint density at radius 1 is 0.838 bits per heavy atom. The van der Waals surface area contributed by atoms with Crippen molar-refractivity contribution in [2.24, 2.45) is 0 Å². The molecule has 7 heteroatoms. The number of hydrogen-bond donors (Lipinski definition) is 1. The van der Waals surface area contributed by atoms with Gasteiger partial charge in [-0.3, -0.25) is 14.9 Å². The number of nitrogens with zero attached hydrogens (tertiary/aromatic N) is 3. The van der Waals surface area contributed by atoms with Crippen molar-refractivity contribution < 1.29 is 9.72 Å². The Bertz CT molecular complexity index is 1510. The van der Waals surface area contributed by atoms with E-state index >= 15 is 0 Å². The molecule has 0 aliphatic rings. The summed E-state index contributed by atoms with van der Waals surface area (Å²) >= 11 is 0. The van der Waals surface area contributed by atoms with Crippen LogP contribution >= 0.6 is 0 Å². The van der Waals surface area contributed by atoms with E-state index in [9.17, 15) is 14.9 Å². The zero-order valence-electron chi connectivity index (χ0n) is 20.1. The fourth-order valence-corrected chi connectivity index (χ4v) is 4.25. The minimum atomic E-state index is -0.443. The van der Waals surface area contributed by atoms with Crippen LogP contribution in [0.2, 0.25) is 0 Å². The molecule has 0 unspecified atom stereocenters. The molecule has 5 aromatic rings. The van der Waals surface area contributed by atoms with Gasteiger partial charge in [0, 0.05) is 17.7 Å². The van der Waals surface area contributed by atoms with Crippen molar-refractivity contribution in [1.29, 1.82) is 0 Å². The minimum Gasteiger partial charge on any atom is -0.340 e. The predicted octanol–water partition coefficient (Wildman–Crippen LogP) is 6.28. The molecule has 4 aromatic carbocycles. The van der Waals surface area contributed by atoms with E-state index in [0.29, 0.717) is 17.0 Å². The number of nitro groups is 1. The van der Waals surface area contributed by atoms with E-state index in [1.807, 2.05) is 91.9 Å². The second-order valence-electron chi connectivity index (χ2n) is 8.70. The van der Waals surface area contributed by atoms with Crippen LogP contribution in [0.3, 0.4) is 0 Å². The van der Waals surface area contributed by atoms with Gasteiger partial charge in [0.2, 0.25) is 0 Å². The number of non-ortho nitro benzene ring substituents is 1. The number of nitro benzene ring substituents is 1. The van der Waals surface area contributed by atoms with Crippen LogP contribution in [0, 0.1) is 17.0 Å². The van der Waals surface area contributed by atoms with Gasteiger partial charge in [-0.2, -0.15) is 5.10 Å². The Balaban J connectivity index is 1.57. The van der Waals surface area contributed by atoms with Gasteiger partial charge >= 0.3 is 0 Å². The van der Waals surface area contributed by atoms with Crippen molar-refractivity contribution in [3.63, 3.8) is 0 Å². The van der Waals surface area contributed by atoms with Crippen LogP contribution in [-0.4, -0.2) is 20.6 Å². The molecule has 1 aromatic heterocycles. The first-order chi connectivity index (χ1) is 18.0. The van der Waals surface area contributed by atoms with Gasteiger partial charge in [-0.05, 0) is 53.9 Å². The summed E-state index contributed by atoms with van der Waals surface area (Å²) in [4.78, 5) is 24.4. The van der Waals surface area contributed by atoms with Crippen molar-refractivity contribution in [2.75, 3.05) is 0 Å². The van der Waals surface area contributed by atoms with Crippen molar-refractivity contribution in [1.82, 2.24) is 15.1 Å². The van der Waals surface area contributed by atoms with Crippen LogP contribution in [-0.2, 0) is 0 Å². The molecule has 37 heavy (non-hydrogen) atoms. The average Bonchev–Trinajstić information content (AvgIpc) is 3.38. The lowest BCUT2D eigenvalue weighted by atomic mass is 9.98. The number of carbonyl (C=O) groups is 1. The first-order valence-corrected chi connectivity index (χ1v) is 11.8. The lowest BCUT2D eigenvalue weighted by Gasteiger charge is -2.20. The number of amides is 1. The summed E-state index contributed by atoms with van der Waals surface area (Å²) in [6.07, 6.45) is 0. The van der Waals surface area contributed by atoms with Crippen molar-refractivity contribution in [3.05, 3.63) is 148 Å². The van der Waals surface area contributed by atoms with Crippen molar-refractivity contribution in [3.8, 4) is 16.9 Å². The number of aryl methyl sites for hydroxylation is 1. The zero-order valence-corrected chi connectivity index (χ0v) is 20.1. The second-order valence-corrected chi connectivity index (χ2v) is 8.70. The number of benzene rings is 4. The molecule has 1 N–H and O–H groups in total. The highest BCUT2D eigenvalue weighted by Gasteiger charge is 2.23. The topological polar surface area (TPSA) is 90.1 Å². The minimum absolute atomic E-state index is 0.00611. The Hall–Kier alpha value is -5.04. The number of nitrogens with one attached hydrogen (secondary N) is 1. The molecule has 1 heterocycles. The summed E-state index contributed by atoms with van der Waals surface area (Å²) < 4.78 is 1.62. The zero-order chi connectivity index (χ0) is 25.8. The molecule has 0 aliphatic heterocycles. The average molecular weight is 489 g/mol. The molecule has 1 amide bonds. The summed E-state index contributed by atoms with van der Waals surface area (Å²) in [5.41, 5.74) is 5.26. The highest BCUT2D eigenvalue weighted by molar-refractivity contribution is 5.95. The first kappa shape index (κ1) is 23.7. The lowest BCUT2D eigenvalue weighted by Crippen LogP contribution is -2.31. The van der Waals surface area contributed by atoms with E-state index in [1.165, 1.54) is 12.1 Å². The van der Waals surface area contributed by atoms with Crippen molar-refractivity contribution in [2.45, 2.75) is 13.0 Å². The fourth-order valence-electron chi connectivity index (χ4n) is 4.25. The maximum atomic E-state index is 13.8. The van der Waals surface area contributed by atoms with E-state index in [0.717, 1.165) is 22.4 Å². The molecule has 0 saturated carbocycles. The van der Waals surface area contributed by atoms with Gasteiger partial charge in [-0.1, -0.05) is 72.8 Å². The number of aromatic nitrogens is 2. The quantitative estimate of drug-likeness (QED) is 0.216. The van der Waals surface area contributed by atoms with Crippen LogP contribution in [0.5, 0.6) is 0 Å². The standard InChI is InChI=1S/C30H24N4O3/c1-21-9-8-14-26(19-21)33-28(20-27(32-33)22-15-17-25(18-16-22)34(36)37)30(35)31-29(23-10-4-2-5-11-23)24-12-6-3-7-13-24/h2-20,29H,1H3,(H,31,35). The molecule has 0 fully saturated rings. The normalized spacial score (nSPS) is 10.9. The Morgan fingerprint density at radius 2 is 1.46 bits per heavy atom. The van der Waals surface area contributed by atoms with E-state index in [-0.39, 0.29) is 17.6 Å². The fraction of sp³-hybridized carbons (Fsp3) is 0.0667. The molecule has 0 aliphatic carbocycles. The largest absolute Gasteiger partial charge is 0.340 e. The molecule has 0 atom stereocenters. The van der Waals surface area contributed by atoms with Crippen LogP contribution in [0.15, 0.2) is 115 Å². The molecule has 7 nitrogen and oxygen atoms in total. The molecule has 5 rings (SSSR count). The molecule has 182 valence electrons. The van der Waals surface area contributed by atoms with E-state index in [2.05, 4.69) is 5.32 Å². The number of hydrogen-bond acceptors (Lipinski definition) is 4. The third-order valence-electron chi connectivity index (χ3n) is 6.10. The highest BCUT2D eigenvalue weighted by Crippen LogP contribution is 2.26. The van der Waals surface area contributed by atoms with Crippen LogP contribution in [0.1, 0.15) is 33.2 Å². The van der Waals surface area contributed by atoms with Crippen LogP contribution in [0.25, 0.3) is 16.9 Å². The van der Waals surface area contributed by atoms with Gasteiger partial charge in [-0.25, -0.2) is 4.68 Å². The third-order valence-corrected chi connectivity index (χ3v) is 6.10. The summed E-state index contributed by atoms with van der Waals surface area (Å²) in [6.45, 7) is 1.98. The Kier molecular flexibility index (Phi) is 6.59. The monoisotopic (exact) mass is 488 g/mol. The maximum Gasteiger partial charge on any atom is 0.270 e. The summed E-state index contributed by atoms with van der Waals surface area (Å²) in [6, 6.07) is 34.8. The number of carbonyl (C=O) groups excluding carboxylic acids is 1. The first-order valence-electron chi connectivity index (χ1n) is 11.8. The van der Waals surface area contributed by atoms with Crippen LogP contribution in [0.4, 0.5) is 5.69 Å². The second kappa shape index (κ2) is 10.3. The SMILES string of the molecule is Cc1cccc(-n2nc(-c3ccc([N+](=O)[O-])cc3)cc2C(=O)NC(c2ccccc2)c2ccccc2)c1. The molecule has 0 bridgehead atoms. The summed E-state index contributed by atoms with van der Waals surface area (Å²) in [5, 5.41) is 19.0. The third kappa shape index (κ3) is 5.16. The predicted molar refractivity (Wildman–Crippen MR) is 143 cm³/mol. The van der Waals surface area contributed by atoms with E-state index in [4.69, 9.17) is 5.10 Å². The van der Waals surface area contributed by atoms with Gasteiger partial charge in [0.25, 0.3) is 11.6 Å². The molecular weight excluding hydrogens is 464 g/mol. The maximum absolute atomic E-state index is 13.8. The summed E-state index contributed by atoms with van der Waals surface area (Å²) in [7, 11) is 0. The van der Waals surface area contributed by atoms with Gasteiger partial charge in [-0.15, -0.1) is 0 Å². The number of rotatable bonds is 7. The Morgan fingerprint density at radius 3 is 2.03 bits per heavy atom. The van der Waals surface area contributed by atoms with Gasteiger partial charge < -0.3 is 5.32 Å². The van der Waals surface area contributed by atoms with Gasteiger partial charge in [0.1, 0.15) is 5.69 Å². The smallest absolute Gasteiger partial charge is 0.270 e. The Labute approximate surface area is 214 Å². The van der Waals surface area contributed by atoms with Gasteiger partial charge in [0.15, 0.2) is 0 Å². The molecular formula is C30H24N4O3. The van der Waals surface area contributed by atoms with Crippen LogP contribution < -0.4 is 5.32 Å². The van der Waals surface area contributed by atoms with Gasteiger partial charge in [0.05, 0.1) is 22.3 Å². The highest BCUT2D eigenvalue weighted by atomic mass is 16.6. The lowest BCUT2D eigenvalue weighted by molar-refractivity contribution is -0.384. The summed E-state index contributed by atoms with van der Waals surface area (Å²) in [5.74, 6) is -0.292. The van der Waals surface area contributed by atoms with E-state index in [1.54, 1.807) is 22.9 Å². The molecule has 0 spiro atoms. The molecule has 0 radical (unpaired) electrons. The van der Waals surface area contributed by atoms with E-state index < -0.39 is 4.92 Å². The molecule has 0 saturated heterocycles. The van der Waals surface area contributed by atoms with Crippen molar-refractivity contribution >= 4 is 11.6 Å².